The van der Waals surface area contributed by atoms with Crippen LogP contribution < -0.4 is 0 Å². The van der Waals surface area contributed by atoms with Gasteiger partial charge in [0.25, 0.3) is 0 Å². The molecule has 0 aromatic heterocycles. The fourth-order valence-electron chi connectivity index (χ4n) is 2.21. The van der Waals surface area contributed by atoms with E-state index in [1.165, 1.54) is 24.8 Å². The number of benzene rings is 1. The first kappa shape index (κ1) is 10.2. The molecule has 0 N–H and O–H groups in total. The summed E-state index contributed by atoms with van der Waals surface area (Å²) in [6.07, 6.45) is 3.85. The first-order valence-corrected chi connectivity index (χ1v) is 5.81. The molecule has 1 fully saturated rings. The minimum Gasteiger partial charge on any atom is -0.384 e. The Hall–Kier alpha value is -0.340. The zero-order valence-corrected chi connectivity index (χ0v) is 10.0. The van der Waals surface area contributed by atoms with Gasteiger partial charge in [0.15, 0.2) is 0 Å². The molecule has 0 spiro atoms. The van der Waals surface area contributed by atoms with Gasteiger partial charge >= 0.3 is 0 Å². The fourth-order valence-corrected chi connectivity index (χ4v) is 2.61. The standard InChI is InChI=1S/C12H15BrO/c1-14-9-12(6-3-7-12)10-4-2-5-11(13)8-10/h2,4-5,8H,3,6-7,9H2,1H3. The third-order valence-corrected chi connectivity index (χ3v) is 3.66. The second kappa shape index (κ2) is 4.03. The van der Waals surface area contributed by atoms with Crippen molar-refractivity contribution < 1.29 is 4.74 Å². The molecule has 0 radical (unpaired) electrons. The van der Waals surface area contributed by atoms with Crippen LogP contribution >= 0.6 is 15.9 Å². The van der Waals surface area contributed by atoms with Crippen molar-refractivity contribution in [1.82, 2.24) is 0 Å². The lowest BCUT2D eigenvalue weighted by molar-refractivity contribution is 0.0792. The Morgan fingerprint density at radius 3 is 2.71 bits per heavy atom. The van der Waals surface area contributed by atoms with E-state index in [2.05, 4.69) is 40.2 Å². The quantitative estimate of drug-likeness (QED) is 0.803. The van der Waals surface area contributed by atoms with Gasteiger partial charge in [-0.3, -0.25) is 0 Å². The van der Waals surface area contributed by atoms with Crippen molar-refractivity contribution in [2.24, 2.45) is 0 Å². The molecule has 0 atom stereocenters. The fraction of sp³-hybridized carbons (Fsp3) is 0.500. The molecule has 1 aliphatic carbocycles. The largest absolute Gasteiger partial charge is 0.384 e. The molecule has 0 unspecified atom stereocenters. The van der Waals surface area contributed by atoms with E-state index in [1.807, 2.05) is 0 Å². The van der Waals surface area contributed by atoms with Crippen LogP contribution in [0.2, 0.25) is 0 Å². The van der Waals surface area contributed by atoms with E-state index in [9.17, 15) is 0 Å². The summed E-state index contributed by atoms with van der Waals surface area (Å²) in [4.78, 5) is 0. The molecule has 1 aliphatic rings. The van der Waals surface area contributed by atoms with E-state index in [-0.39, 0.29) is 0 Å². The highest BCUT2D eigenvalue weighted by Gasteiger charge is 2.38. The number of methoxy groups -OCH3 is 1. The summed E-state index contributed by atoms with van der Waals surface area (Å²) in [5.74, 6) is 0. The van der Waals surface area contributed by atoms with E-state index >= 15 is 0 Å². The molecular weight excluding hydrogens is 240 g/mol. The Balaban J connectivity index is 2.27. The van der Waals surface area contributed by atoms with Crippen LogP contribution in [0.3, 0.4) is 0 Å². The summed E-state index contributed by atoms with van der Waals surface area (Å²) in [5.41, 5.74) is 1.72. The third kappa shape index (κ3) is 1.73. The van der Waals surface area contributed by atoms with Gasteiger partial charge in [0.1, 0.15) is 0 Å². The Labute approximate surface area is 93.6 Å². The molecule has 14 heavy (non-hydrogen) atoms. The van der Waals surface area contributed by atoms with Gasteiger partial charge in [0.05, 0.1) is 6.61 Å². The summed E-state index contributed by atoms with van der Waals surface area (Å²) in [6.45, 7) is 0.851. The maximum absolute atomic E-state index is 5.33. The molecule has 0 amide bonds. The molecule has 1 aromatic rings. The van der Waals surface area contributed by atoms with Crippen LogP contribution in [-0.2, 0) is 10.2 Å². The van der Waals surface area contributed by atoms with E-state index in [4.69, 9.17) is 4.74 Å². The van der Waals surface area contributed by atoms with Crippen LogP contribution in [0.5, 0.6) is 0 Å². The summed E-state index contributed by atoms with van der Waals surface area (Å²) >= 11 is 3.52. The van der Waals surface area contributed by atoms with Crippen molar-refractivity contribution in [1.29, 1.82) is 0 Å². The van der Waals surface area contributed by atoms with Crippen LogP contribution in [0.25, 0.3) is 0 Å². The number of rotatable bonds is 3. The van der Waals surface area contributed by atoms with Crippen LogP contribution in [0.1, 0.15) is 24.8 Å². The zero-order valence-electron chi connectivity index (χ0n) is 8.42. The first-order valence-electron chi connectivity index (χ1n) is 5.02. The van der Waals surface area contributed by atoms with Gasteiger partial charge in [-0.25, -0.2) is 0 Å². The number of ether oxygens (including phenoxy) is 1. The maximum Gasteiger partial charge on any atom is 0.0559 e. The molecule has 1 saturated carbocycles. The predicted molar refractivity (Wildman–Crippen MR) is 61.5 cm³/mol. The van der Waals surface area contributed by atoms with Gasteiger partial charge in [0.2, 0.25) is 0 Å². The lowest BCUT2D eigenvalue weighted by Gasteiger charge is -2.42. The minimum atomic E-state index is 0.304. The average molecular weight is 255 g/mol. The number of hydrogen-bond donors (Lipinski definition) is 0. The highest BCUT2D eigenvalue weighted by molar-refractivity contribution is 9.10. The van der Waals surface area contributed by atoms with Gasteiger partial charge in [0, 0.05) is 17.0 Å². The highest BCUT2D eigenvalue weighted by atomic mass is 79.9. The number of hydrogen-bond acceptors (Lipinski definition) is 1. The Morgan fingerprint density at radius 2 is 2.21 bits per heavy atom. The highest BCUT2D eigenvalue weighted by Crippen LogP contribution is 2.44. The monoisotopic (exact) mass is 254 g/mol. The van der Waals surface area contributed by atoms with Gasteiger partial charge < -0.3 is 4.74 Å². The summed E-state index contributed by atoms with van der Waals surface area (Å²) < 4.78 is 6.49. The van der Waals surface area contributed by atoms with E-state index in [1.54, 1.807) is 7.11 Å². The molecule has 2 rings (SSSR count). The van der Waals surface area contributed by atoms with Crippen LogP contribution in [-0.4, -0.2) is 13.7 Å². The van der Waals surface area contributed by atoms with E-state index in [0.717, 1.165) is 11.1 Å². The maximum atomic E-state index is 5.33. The predicted octanol–water partition coefficient (Wildman–Crippen LogP) is 3.52. The van der Waals surface area contributed by atoms with E-state index in [0.29, 0.717) is 5.41 Å². The average Bonchev–Trinajstić information content (AvgIpc) is 2.11. The van der Waals surface area contributed by atoms with Crippen molar-refractivity contribution in [3.63, 3.8) is 0 Å². The Kier molecular flexibility index (Phi) is 2.93. The van der Waals surface area contributed by atoms with Crippen molar-refractivity contribution >= 4 is 15.9 Å². The smallest absolute Gasteiger partial charge is 0.0559 e. The summed E-state index contributed by atoms with van der Waals surface area (Å²) in [6, 6.07) is 8.61. The van der Waals surface area contributed by atoms with Crippen LogP contribution in [0.15, 0.2) is 28.7 Å². The molecule has 0 saturated heterocycles. The molecule has 0 bridgehead atoms. The minimum absolute atomic E-state index is 0.304. The number of halogens is 1. The van der Waals surface area contributed by atoms with Crippen molar-refractivity contribution in [2.45, 2.75) is 24.7 Å². The molecule has 0 aliphatic heterocycles. The van der Waals surface area contributed by atoms with Gasteiger partial charge in [-0.15, -0.1) is 0 Å². The topological polar surface area (TPSA) is 9.23 Å². The van der Waals surface area contributed by atoms with Crippen molar-refractivity contribution in [3.8, 4) is 0 Å². The molecule has 76 valence electrons. The summed E-state index contributed by atoms with van der Waals surface area (Å²) in [7, 11) is 1.79. The molecule has 2 heteroatoms. The van der Waals surface area contributed by atoms with Gasteiger partial charge in [-0.2, -0.15) is 0 Å². The summed E-state index contributed by atoms with van der Waals surface area (Å²) in [5, 5.41) is 0. The second-order valence-electron chi connectivity index (χ2n) is 4.08. The lowest BCUT2D eigenvalue weighted by atomic mass is 9.65. The lowest BCUT2D eigenvalue weighted by Crippen LogP contribution is -2.38. The molecule has 0 heterocycles. The van der Waals surface area contributed by atoms with Crippen molar-refractivity contribution in [2.75, 3.05) is 13.7 Å². The van der Waals surface area contributed by atoms with Crippen LogP contribution in [0, 0.1) is 0 Å². The Morgan fingerprint density at radius 1 is 1.43 bits per heavy atom. The normalized spacial score (nSPS) is 19.0. The molecule has 1 nitrogen and oxygen atoms in total. The zero-order chi connectivity index (χ0) is 10.0. The van der Waals surface area contributed by atoms with Crippen LogP contribution in [0.4, 0.5) is 0 Å². The second-order valence-corrected chi connectivity index (χ2v) is 4.99. The third-order valence-electron chi connectivity index (χ3n) is 3.17. The van der Waals surface area contributed by atoms with Gasteiger partial charge in [-0.1, -0.05) is 34.5 Å². The van der Waals surface area contributed by atoms with Gasteiger partial charge in [-0.05, 0) is 30.5 Å². The SMILES string of the molecule is COCC1(c2cccc(Br)c2)CCC1. The van der Waals surface area contributed by atoms with E-state index < -0.39 is 0 Å². The van der Waals surface area contributed by atoms with Crippen molar-refractivity contribution in [3.05, 3.63) is 34.3 Å². The molecule has 1 aromatic carbocycles. The Bertz CT molecular complexity index is 318. The first-order chi connectivity index (χ1) is 6.77. The molecular formula is C12H15BrO.